The van der Waals surface area contributed by atoms with Crippen molar-refractivity contribution in [1.82, 2.24) is 5.43 Å². The van der Waals surface area contributed by atoms with E-state index in [1.165, 1.54) is 10.5 Å². The molecular formula is C18H17ClN2OS2. The van der Waals surface area contributed by atoms with Gasteiger partial charge in [0.2, 0.25) is 0 Å². The van der Waals surface area contributed by atoms with Gasteiger partial charge >= 0.3 is 0 Å². The summed E-state index contributed by atoms with van der Waals surface area (Å²) in [4.78, 5) is 13.3. The Morgan fingerprint density at radius 3 is 2.58 bits per heavy atom. The highest BCUT2D eigenvalue weighted by Crippen LogP contribution is 2.24. The summed E-state index contributed by atoms with van der Waals surface area (Å²) in [7, 11) is 0. The second-order valence-corrected chi connectivity index (χ2v) is 7.95. The van der Waals surface area contributed by atoms with Gasteiger partial charge in [0.1, 0.15) is 0 Å². The Labute approximate surface area is 155 Å². The number of carbonyl (C=O) groups is 1. The lowest BCUT2D eigenvalue weighted by molar-refractivity contribution is 0.0954. The summed E-state index contributed by atoms with van der Waals surface area (Å²) in [6, 6.07) is 15.5. The summed E-state index contributed by atoms with van der Waals surface area (Å²) in [6.07, 6.45) is 0.964. The number of amides is 1. The van der Waals surface area contributed by atoms with Crippen LogP contribution >= 0.6 is 35.1 Å². The minimum Gasteiger partial charge on any atom is -0.267 e. The van der Waals surface area contributed by atoms with Crippen molar-refractivity contribution in [3.8, 4) is 0 Å². The smallest absolute Gasteiger partial charge is 0.267 e. The molecule has 0 saturated carbocycles. The molecule has 2 aromatic rings. The molecule has 0 radical (unpaired) electrons. The fourth-order valence-corrected chi connectivity index (χ4v) is 4.13. The molecule has 0 atom stereocenters. The number of hydrazone groups is 1. The van der Waals surface area contributed by atoms with Crippen LogP contribution < -0.4 is 5.43 Å². The molecule has 0 unspecified atom stereocenters. The van der Waals surface area contributed by atoms with E-state index < -0.39 is 0 Å². The molecule has 1 aliphatic rings. The second kappa shape index (κ2) is 8.60. The quantitative estimate of drug-likeness (QED) is 0.598. The zero-order chi connectivity index (χ0) is 16.8. The highest BCUT2D eigenvalue weighted by molar-refractivity contribution is 8.00. The maximum absolute atomic E-state index is 12.1. The molecule has 0 spiro atoms. The van der Waals surface area contributed by atoms with Crippen LogP contribution in [0.5, 0.6) is 0 Å². The Morgan fingerprint density at radius 1 is 1.17 bits per heavy atom. The summed E-state index contributed by atoms with van der Waals surface area (Å²) in [5.74, 6) is 2.70. The van der Waals surface area contributed by atoms with Crippen molar-refractivity contribution in [2.75, 3.05) is 11.5 Å². The van der Waals surface area contributed by atoms with Crippen LogP contribution in [0.1, 0.15) is 22.3 Å². The predicted octanol–water partition coefficient (Wildman–Crippen LogP) is 4.86. The highest BCUT2D eigenvalue weighted by atomic mass is 35.5. The Balaban J connectivity index is 1.53. The van der Waals surface area contributed by atoms with Crippen molar-refractivity contribution in [2.45, 2.75) is 17.1 Å². The number of halogens is 1. The Morgan fingerprint density at radius 2 is 1.92 bits per heavy atom. The molecule has 1 heterocycles. The maximum Gasteiger partial charge on any atom is 0.271 e. The minimum atomic E-state index is -0.156. The van der Waals surface area contributed by atoms with Crippen molar-refractivity contribution in [3.05, 3.63) is 64.7 Å². The van der Waals surface area contributed by atoms with E-state index in [1.54, 1.807) is 11.8 Å². The third-order valence-corrected chi connectivity index (χ3v) is 5.92. The van der Waals surface area contributed by atoms with Gasteiger partial charge in [-0.15, -0.1) is 11.8 Å². The number of benzene rings is 2. The van der Waals surface area contributed by atoms with E-state index in [-0.39, 0.29) is 5.91 Å². The van der Waals surface area contributed by atoms with Gasteiger partial charge < -0.3 is 0 Å². The lowest BCUT2D eigenvalue weighted by Crippen LogP contribution is -2.19. The molecule has 1 N–H and O–H groups in total. The van der Waals surface area contributed by atoms with Crippen LogP contribution in [-0.4, -0.2) is 23.1 Å². The first kappa shape index (κ1) is 17.4. The maximum atomic E-state index is 12.1. The molecule has 1 saturated heterocycles. The molecule has 1 aliphatic heterocycles. The van der Waals surface area contributed by atoms with Crippen LogP contribution in [0.15, 0.2) is 58.5 Å². The van der Waals surface area contributed by atoms with Gasteiger partial charge in [-0.05, 0) is 54.1 Å². The van der Waals surface area contributed by atoms with Gasteiger partial charge in [0, 0.05) is 32.7 Å². The van der Waals surface area contributed by atoms with E-state index in [0.717, 1.165) is 34.4 Å². The summed E-state index contributed by atoms with van der Waals surface area (Å²) >= 11 is 9.47. The van der Waals surface area contributed by atoms with E-state index in [1.807, 2.05) is 60.3 Å². The van der Waals surface area contributed by atoms with Crippen LogP contribution in [0.2, 0.25) is 5.02 Å². The molecular weight excluding hydrogens is 360 g/mol. The fraction of sp³-hybridized carbons (Fsp3) is 0.222. The van der Waals surface area contributed by atoms with Gasteiger partial charge in [0.25, 0.3) is 5.91 Å². The summed E-state index contributed by atoms with van der Waals surface area (Å²) in [5, 5.41) is 4.93. The average Bonchev–Trinajstić information content (AvgIpc) is 3.13. The molecule has 0 bridgehead atoms. The van der Waals surface area contributed by atoms with Crippen LogP contribution in [0, 0.1) is 0 Å². The van der Waals surface area contributed by atoms with Crippen LogP contribution in [0.25, 0.3) is 0 Å². The van der Waals surface area contributed by atoms with Gasteiger partial charge in [-0.25, -0.2) is 5.43 Å². The lowest BCUT2D eigenvalue weighted by atomic mass is 10.1. The Bertz CT molecular complexity index is 722. The zero-order valence-electron chi connectivity index (χ0n) is 13.0. The summed E-state index contributed by atoms with van der Waals surface area (Å²) in [5.41, 5.74) is 5.50. The van der Waals surface area contributed by atoms with Gasteiger partial charge in [-0.2, -0.15) is 16.9 Å². The number of nitrogens with zero attached hydrogens (tertiary/aromatic N) is 1. The molecule has 2 aromatic carbocycles. The van der Waals surface area contributed by atoms with E-state index in [0.29, 0.717) is 5.56 Å². The van der Waals surface area contributed by atoms with Crippen LogP contribution in [0.4, 0.5) is 0 Å². The lowest BCUT2D eigenvalue weighted by Gasteiger charge is -2.05. The normalized spacial score (nSPS) is 15.6. The monoisotopic (exact) mass is 376 g/mol. The topological polar surface area (TPSA) is 41.5 Å². The molecule has 124 valence electrons. The predicted molar refractivity (Wildman–Crippen MR) is 104 cm³/mol. The van der Waals surface area contributed by atoms with E-state index >= 15 is 0 Å². The van der Waals surface area contributed by atoms with Crippen molar-refractivity contribution in [3.63, 3.8) is 0 Å². The molecule has 6 heteroatoms. The van der Waals surface area contributed by atoms with E-state index in [9.17, 15) is 4.79 Å². The average molecular weight is 377 g/mol. The SMILES string of the molecule is O=C(N/N=C1\CCSC1)c1ccc(CSc2ccc(Cl)cc2)cc1. The van der Waals surface area contributed by atoms with E-state index in [2.05, 4.69) is 10.5 Å². The van der Waals surface area contributed by atoms with Crippen molar-refractivity contribution < 1.29 is 4.79 Å². The molecule has 0 aromatic heterocycles. The van der Waals surface area contributed by atoms with Crippen molar-refractivity contribution >= 4 is 46.7 Å². The van der Waals surface area contributed by atoms with Gasteiger partial charge in [-0.1, -0.05) is 23.7 Å². The number of hydrogen-bond donors (Lipinski definition) is 1. The van der Waals surface area contributed by atoms with Crippen LogP contribution in [-0.2, 0) is 5.75 Å². The fourth-order valence-electron chi connectivity index (χ4n) is 2.18. The molecule has 3 nitrogen and oxygen atoms in total. The minimum absolute atomic E-state index is 0.156. The first-order chi connectivity index (χ1) is 11.7. The number of thioether (sulfide) groups is 2. The molecule has 1 fully saturated rings. The highest BCUT2D eigenvalue weighted by Gasteiger charge is 2.10. The number of hydrogen-bond acceptors (Lipinski definition) is 4. The summed E-state index contributed by atoms with van der Waals surface area (Å²) < 4.78 is 0. The second-order valence-electron chi connectivity index (χ2n) is 5.36. The van der Waals surface area contributed by atoms with E-state index in [4.69, 9.17) is 11.6 Å². The molecule has 3 rings (SSSR count). The van der Waals surface area contributed by atoms with Crippen LogP contribution in [0.3, 0.4) is 0 Å². The molecule has 0 aliphatic carbocycles. The first-order valence-electron chi connectivity index (χ1n) is 7.61. The zero-order valence-corrected chi connectivity index (χ0v) is 15.4. The number of carbonyl (C=O) groups excluding carboxylic acids is 1. The Hall–Kier alpha value is -1.43. The van der Waals surface area contributed by atoms with Gasteiger partial charge in [-0.3, -0.25) is 4.79 Å². The first-order valence-corrected chi connectivity index (χ1v) is 10.1. The van der Waals surface area contributed by atoms with Gasteiger partial charge in [0.05, 0.1) is 0 Å². The van der Waals surface area contributed by atoms with Crippen molar-refractivity contribution in [1.29, 1.82) is 0 Å². The largest absolute Gasteiger partial charge is 0.271 e. The molecule has 24 heavy (non-hydrogen) atoms. The molecule has 1 amide bonds. The van der Waals surface area contributed by atoms with Gasteiger partial charge in [0.15, 0.2) is 0 Å². The Kier molecular flexibility index (Phi) is 6.24. The third-order valence-electron chi connectivity index (χ3n) is 3.55. The summed E-state index contributed by atoms with van der Waals surface area (Å²) in [6.45, 7) is 0. The standard InChI is InChI=1S/C18H17ClN2OS2/c19-15-5-7-17(8-6-15)24-11-13-1-3-14(4-2-13)18(22)21-20-16-9-10-23-12-16/h1-8H,9-12H2,(H,21,22)/b20-16+. The number of nitrogens with one attached hydrogen (secondary N) is 1. The van der Waals surface area contributed by atoms with Crippen molar-refractivity contribution in [2.24, 2.45) is 5.10 Å². The third kappa shape index (κ3) is 5.03. The number of rotatable bonds is 5.